The minimum Gasteiger partial charge on any atom is -0.376 e. The predicted molar refractivity (Wildman–Crippen MR) is 128 cm³/mol. The average Bonchev–Trinajstić information content (AvgIpc) is 2.65. The molecule has 0 aromatic heterocycles. The van der Waals surface area contributed by atoms with Crippen molar-refractivity contribution < 1.29 is 17.6 Å². The Labute approximate surface area is 189 Å². The molecule has 0 aliphatic carbocycles. The molecule has 0 saturated heterocycles. The van der Waals surface area contributed by atoms with Crippen LogP contribution in [0.25, 0.3) is 0 Å². The van der Waals surface area contributed by atoms with E-state index in [4.69, 9.17) is 12.2 Å². The molecule has 0 aliphatic rings. The Kier molecular flexibility index (Phi) is 7.94. The minimum atomic E-state index is -3.72. The molecule has 0 radical (unpaired) electrons. The van der Waals surface area contributed by atoms with Gasteiger partial charge in [0.15, 0.2) is 5.78 Å². The van der Waals surface area contributed by atoms with Crippen molar-refractivity contribution in [1.29, 1.82) is 0 Å². The Balaban J connectivity index is 2.00. The highest BCUT2D eigenvalue weighted by Crippen LogP contribution is 2.24. The number of Topliss-reactive ketones (excluding diaryl/α,β-unsaturated/α-hetero) is 1. The lowest BCUT2D eigenvalue weighted by Crippen LogP contribution is -2.22. The molecule has 0 bridgehead atoms. The summed E-state index contributed by atoms with van der Waals surface area (Å²) in [6.45, 7) is 8.01. The summed E-state index contributed by atoms with van der Waals surface area (Å²) in [6.07, 6.45) is 2.32. The van der Waals surface area contributed by atoms with Crippen LogP contribution in [0.15, 0.2) is 36.4 Å². The zero-order valence-electron chi connectivity index (χ0n) is 18.5. The SMILES string of the molecule is CC(=O)c1cc(CNC(=S)CCc2ccc(C(C)(C)C)cc2)cc(F)c1NS(C)(=O)=O. The van der Waals surface area contributed by atoms with Crippen LogP contribution in [0.4, 0.5) is 10.1 Å². The Morgan fingerprint density at radius 2 is 1.71 bits per heavy atom. The van der Waals surface area contributed by atoms with Crippen LogP contribution < -0.4 is 10.0 Å². The van der Waals surface area contributed by atoms with Crippen LogP contribution in [0.5, 0.6) is 0 Å². The number of anilines is 1. The van der Waals surface area contributed by atoms with Gasteiger partial charge in [0.25, 0.3) is 0 Å². The number of carbonyl (C=O) groups excluding carboxylic acids is 1. The fourth-order valence-corrected chi connectivity index (χ4v) is 3.80. The molecular formula is C23H29FN2O3S2. The Bertz CT molecular complexity index is 1070. The smallest absolute Gasteiger partial charge is 0.229 e. The molecule has 0 atom stereocenters. The zero-order chi connectivity index (χ0) is 23.4. The molecular weight excluding hydrogens is 435 g/mol. The van der Waals surface area contributed by atoms with Gasteiger partial charge in [-0.15, -0.1) is 0 Å². The van der Waals surface area contributed by atoms with Crippen LogP contribution in [-0.4, -0.2) is 25.4 Å². The Hall–Kier alpha value is -2.32. The van der Waals surface area contributed by atoms with Crippen LogP contribution in [0.3, 0.4) is 0 Å². The van der Waals surface area contributed by atoms with Crippen LogP contribution in [-0.2, 0) is 28.4 Å². The number of carbonyl (C=O) groups is 1. The van der Waals surface area contributed by atoms with Gasteiger partial charge >= 0.3 is 0 Å². The van der Waals surface area contributed by atoms with Crippen molar-refractivity contribution in [3.05, 3.63) is 64.5 Å². The summed E-state index contributed by atoms with van der Waals surface area (Å²) >= 11 is 5.39. The first-order valence-corrected chi connectivity index (χ1v) is 12.2. The number of sulfonamides is 1. The van der Waals surface area contributed by atoms with Crippen LogP contribution >= 0.6 is 12.2 Å². The van der Waals surface area contributed by atoms with Crippen molar-refractivity contribution in [2.24, 2.45) is 0 Å². The summed E-state index contributed by atoms with van der Waals surface area (Å²) in [5, 5.41) is 3.08. The van der Waals surface area contributed by atoms with Crippen molar-refractivity contribution in [3.8, 4) is 0 Å². The predicted octanol–water partition coefficient (Wildman–Crippen LogP) is 4.75. The third-order valence-electron chi connectivity index (χ3n) is 4.77. The summed E-state index contributed by atoms with van der Waals surface area (Å²) in [4.78, 5) is 12.5. The van der Waals surface area contributed by atoms with Crippen molar-refractivity contribution in [3.63, 3.8) is 0 Å². The fourth-order valence-electron chi connectivity index (χ4n) is 3.05. The molecule has 0 saturated carbocycles. The van der Waals surface area contributed by atoms with Crippen molar-refractivity contribution in [1.82, 2.24) is 5.32 Å². The van der Waals surface area contributed by atoms with Gasteiger partial charge < -0.3 is 5.32 Å². The van der Waals surface area contributed by atoms with E-state index in [9.17, 15) is 17.6 Å². The van der Waals surface area contributed by atoms with E-state index in [1.165, 1.54) is 30.2 Å². The van der Waals surface area contributed by atoms with Gasteiger partial charge in [-0.1, -0.05) is 57.3 Å². The molecule has 5 nitrogen and oxygen atoms in total. The molecule has 0 amide bonds. The summed E-state index contributed by atoms with van der Waals surface area (Å²) in [5.41, 5.74) is 2.70. The second-order valence-electron chi connectivity index (χ2n) is 8.65. The first kappa shape index (κ1) is 24.9. The normalized spacial score (nSPS) is 11.8. The molecule has 0 heterocycles. The molecule has 0 spiro atoms. The number of nitrogens with one attached hydrogen (secondary N) is 2. The molecule has 31 heavy (non-hydrogen) atoms. The van der Waals surface area contributed by atoms with Crippen molar-refractivity contribution in [2.75, 3.05) is 11.0 Å². The lowest BCUT2D eigenvalue weighted by Gasteiger charge is -2.19. The number of hydrogen-bond donors (Lipinski definition) is 2. The van der Waals surface area contributed by atoms with E-state index in [2.05, 4.69) is 55.1 Å². The fraction of sp³-hybridized carbons (Fsp3) is 0.391. The molecule has 2 aromatic rings. The number of benzene rings is 2. The lowest BCUT2D eigenvalue weighted by molar-refractivity contribution is 0.101. The van der Waals surface area contributed by atoms with E-state index >= 15 is 0 Å². The third kappa shape index (κ3) is 7.70. The van der Waals surface area contributed by atoms with Crippen LogP contribution in [0.2, 0.25) is 0 Å². The molecule has 0 aliphatic heterocycles. The van der Waals surface area contributed by atoms with Crippen molar-refractivity contribution in [2.45, 2.75) is 52.5 Å². The van der Waals surface area contributed by atoms with Crippen molar-refractivity contribution >= 4 is 38.7 Å². The van der Waals surface area contributed by atoms with Gasteiger partial charge in [0, 0.05) is 18.5 Å². The lowest BCUT2D eigenvalue weighted by atomic mass is 9.86. The zero-order valence-corrected chi connectivity index (χ0v) is 20.1. The molecule has 8 heteroatoms. The van der Waals surface area contributed by atoms with E-state index in [1.807, 2.05) is 0 Å². The molecule has 2 N–H and O–H groups in total. The largest absolute Gasteiger partial charge is 0.376 e. The maximum Gasteiger partial charge on any atom is 0.229 e. The highest BCUT2D eigenvalue weighted by atomic mass is 32.2. The quantitative estimate of drug-likeness (QED) is 0.436. The Morgan fingerprint density at radius 1 is 1.10 bits per heavy atom. The first-order chi connectivity index (χ1) is 14.3. The molecule has 0 unspecified atom stereocenters. The average molecular weight is 465 g/mol. The number of thiocarbonyl (C=S) groups is 1. The number of aryl methyl sites for hydroxylation is 1. The molecule has 168 valence electrons. The van der Waals surface area contributed by atoms with E-state index in [-0.39, 0.29) is 23.2 Å². The number of halogens is 1. The summed E-state index contributed by atoms with van der Waals surface area (Å²) in [5.74, 6) is -1.24. The molecule has 0 fully saturated rings. The standard InChI is InChI=1S/C23H29FN2O3S2/c1-15(27)19-12-17(13-20(24)22(19)26-31(5,28)29)14-25-21(30)11-8-16-6-9-18(10-7-16)23(2,3)4/h6-7,9-10,12-13,26H,8,11,14H2,1-5H3,(H,25,30). The van der Waals surface area contributed by atoms with Gasteiger partial charge in [-0.2, -0.15) is 0 Å². The van der Waals surface area contributed by atoms with Crippen LogP contribution in [0, 0.1) is 5.82 Å². The van der Waals surface area contributed by atoms with Gasteiger partial charge in [0.05, 0.1) is 16.9 Å². The third-order valence-corrected chi connectivity index (χ3v) is 5.69. The topological polar surface area (TPSA) is 75.3 Å². The summed E-state index contributed by atoms with van der Waals surface area (Å²) in [7, 11) is -3.72. The second-order valence-corrected chi connectivity index (χ2v) is 10.9. The second kappa shape index (κ2) is 9.87. The maximum absolute atomic E-state index is 14.5. The number of rotatable bonds is 8. The van der Waals surface area contributed by atoms with Crippen LogP contribution in [0.1, 0.15) is 61.2 Å². The van der Waals surface area contributed by atoms with Gasteiger partial charge in [-0.25, -0.2) is 12.8 Å². The highest BCUT2D eigenvalue weighted by Gasteiger charge is 2.18. The van der Waals surface area contributed by atoms with Gasteiger partial charge in [0.1, 0.15) is 5.82 Å². The van der Waals surface area contributed by atoms with E-state index < -0.39 is 21.6 Å². The number of hydrogen-bond acceptors (Lipinski definition) is 4. The summed E-state index contributed by atoms with van der Waals surface area (Å²) in [6, 6.07) is 11.1. The van der Waals surface area contributed by atoms with E-state index in [1.54, 1.807) is 0 Å². The van der Waals surface area contributed by atoms with E-state index in [0.29, 0.717) is 17.0 Å². The maximum atomic E-state index is 14.5. The van der Waals surface area contributed by atoms with Gasteiger partial charge in [0.2, 0.25) is 10.0 Å². The first-order valence-electron chi connectivity index (χ1n) is 9.93. The molecule has 2 rings (SSSR count). The highest BCUT2D eigenvalue weighted by molar-refractivity contribution is 7.92. The molecule has 2 aromatic carbocycles. The summed E-state index contributed by atoms with van der Waals surface area (Å²) < 4.78 is 39.5. The monoisotopic (exact) mass is 464 g/mol. The minimum absolute atomic E-state index is 0.0212. The van der Waals surface area contributed by atoms with E-state index in [0.717, 1.165) is 12.7 Å². The van der Waals surface area contributed by atoms with Gasteiger partial charge in [-0.05, 0) is 47.6 Å². The number of ketones is 1. The van der Waals surface area contributed by atoms with Gasteiger partial charge in [-0.3, -0.25) is 9.52 Å². The Morgan fingerprint density at radius 3 is 2.23 bits per heavy atom.